The van der Waals surface area contributed by atoms with E-state index in [9.17, 15) is 13.2 Å². The molecule has 4 rings (SSSR count). The minimum atomic E-state index is -4.39. The first-order valence-corrected chi connectivity index (χ1v) is 13.4. The monoisotopic (exact) mass is 525 g/mol. The van der Waals surface area contributed by atoms with Crippen LogP contribution in [0.25, 0.3) is 0 Å². The highest BCUT2D eigenvalue weighted by atomic mass is 32.2. The van der Waals surface area contributed by atoms with Gasteiger partial charge in [-0.3, -0.25) is 0 Å². The number of hydrogen-bond donors (Lipinski definition) is 0. The van der Waals surface area contributed by atoms with Gasteiger partial charge < -0.3 is 24.2 Å². The zero-order valence-corrected chi connectivity index (χ0v) is 22.0. The Morgan fingerprint density at radius 3 is 1.69 bits per heavy atom. The number of aromatic nitrogens is 2. The third kappa shape index (κ3) is 6.54. The first-order valence-electron chi connectivity index (χ1n) is 12.2. The molecule has 11 heteroatoms. The van der Waals surface area contributed by atoms with Crippen molar-refractivity contribution in [3.05, 3.63) is 29.8 Å². The molecule has 0 saturated carbocycles. The number of benzene rings is 1. The molecule has 7 nitrogen and oxygen atoms in total. The van der Waals surface area contributed by atoms with Crippen molar-refractivity contribution >= 4 is 23.4 Å². The van der Waals surface area contributed by atoms with E-state index in [1.54, 1.807) is 11.9 Å². The van der Waals surface area contributed by atoms with E-state index in [0.29, 0.717) is 23.4 Å². The Labute approximate surface area is 215 Å². The van der Waals surface area contributed by atoms with Gasteiger partial charge >= 0.3 is 6.18 Å². The number of halogens is 3. The maximum Gasteiger partial charge on any atom is 0.416 e. The topological polar surface area (TPSA) is 54.0 Å². The summed E-state index contributed by atoms with van der Waals surface area (Å²) in [7, 11) is 5.92. The summed E-state index contributed by atoms with van der Waals surface area (Å²) in [4.78, 5) is 16.4. The second-order valence-corrected chi connectivity index (χ2v) is 10.3. The quantitative estimate of drug-likeness (QED) is 0.472. The summed E-state index contributed by atoms with van der Waals surface area (Å²) in [5.41, 5.74) is -0.161. The predicted octanol–water partition coefficient (Wildman–Crippen LogP) is 4.93. The normalized spacial score (nSPS) is 18.9. The molecule has 36 heavy (non-hydrogen) atoms. The van der Waals surface area contributed by atoms with Gasteiger partial charge in [0, 0.05) is 38.9 Å². The van der Waals surface area contributed by atoms with Gasteiger partial charge in [-0.2, -0.15) is 23.1 Å². The zero-order valence-electron chi connectivity index (χ0n) is 21.2. The third-order valence-corrected chi connectivity index (χ3v) is 7.52. The van der Waals surface area contributed by atoms with E-state index in [1.807, 2.05) is 6.26 Å². The lowest BCUT2D eigenvalue weighted by Gasteiger charge is -2.31. The zero-order chi connectivity index (χ0) is 25.9. The molecule has 198 valence electrons. The Hall–Kier alpha value is -2.24. The molecule has 2 aromatic rings. The van der Waals surface area contributed by atoms with Gasteiger partial charge in [0.2, 0.25) is 17.7 Å². The Bertz CT molecular complexity index is 963. The molecule has 0 N–H and O–H groups in total. The lowest BCUT2D eigenvalue weighted by atomic mass is 10.1. The third-order valence-electron chi connectivity index (χ3n) is 6.77. The van der Waals surface area contributed by atoms with Crippen molar-refractivity contribution < 1.29 is 22.6 Å². The highest BCUT2D eigenvalue weighted by Gasteiger charge is 2.31. The van der Waals surface area contributed by atoms with E-state index in [4.69, 9.17) is 19.4 Å². The molecule has 0 bridgehead atoms. The Kier molecular flexibility index (Phi) is 8.52. The smallest absolute Gasteiger partial charge is 0.416 e. The van der Waals surface area contributed by atoms with Crippen molar-refractivity contribution in [2.24, 2.45) is 0 Å². The van der Waals surface area contributed by atoms with Crippen LogP contribution < -0.4 is 14.4 Å². The maximum absolute atomic E-state index is 13.0. The second kappa shape index (κ2) is 11.4. The molecule has 2 fully saturated rings. The molecule has 0 unspecified atom stereocenters. The molecule has 0 radical (unpaired) electrons. The number of piperidine rings is 2. The van der Waals surface area contributed by atoms with Crippen LogP contribution in [0.15, 0.2) is 29.2 Å². The van der Waals surface area contributed by atoms with Gasteiger partial charge in [-0.1, -0.05) is 0 Å². The van der Waals surface area contributed by atoms with Crippen LogP contribution >= 0.6 is 11.8 Å². The van der Waals surface area contributed by atoms with Crippen LogP contribution in [-0.4, -0.2) is 85.6 Å². The average molecular weight is 526 g/mol. The van der Waals surface area contributed by atoms with Crippen LogP contribution in [0.4, 0.5) is 24.8 Å². The van der Waals surface area contributed by atoms with Crippen LogP contribution in [0.2, 0.25) is 0 Å². The van der Waals surface area contributed by atoms with Crippen LogP contribution in [0, 0.1) is 0 Å². The van der Waals surface area contributed by atoms with Crippen molar-refractivity contribution in [1.29, 1.82) is 0 Å². The number of likely N-dealkylation sites (tertiary alicyclic amines) is 2. The van der Waals surface area contributed by atoms with Gasteiger partial charge in [0.1, 0.15) is 17.1 Å². The van der Waals surface area contributed by atoms with Gasteiger partial charge in [-0.15, -0.1) is 11.8 Å². The van der Waals surface area contributed by atoms with Crippen molar-refractivity contribution in [3.63, 3.8) is 0 Å². The van der Waals surface area contributed by atoms with Gasteiger partial charge in [0.25, 0.3) is 0 Å². The van der Waals surface area contributed by atoms with Gasteiger partial charge in [0.15, 0.2) is 0 Å². The van der Waals surface area contributed by atoms with E-state index in [2.05, 4.69) is 23.9 Å². The minimum Gasteiger partial charge on any atom is -0.473 e. The molecule has 3 heterocycles. The Morgan fingerprint density at radius 2 is 1.31 bits per heavy atom. The highest BCUT2D eigenvalue weighted by Crippen LogP contribution is 2.39. The van der Waals surface area contributed by atoms with E-state index in [0.717, 1.165) is 68.9 Å². The number of rotatable bonds is 7. The molecule has 2 saturated heterocycles. The first kappa shape index (κ1) is 26.8. The minimum absolute atomic E-state index is 0.0300. The number of nitrogens with zero attached hydrogens (tertiary/aromatic N) is 5. The average Bonchev–Trinajstić information content (AvgIpc) is 2.86. The molecular weight excluding hydrogens is 491 g/mol. The van der Waals surface area contributed by atoms with E-state index >= 15 is 0 Å². The fraction of sp³-hybridized carbons (Fsp3) is 0.600. The summed E-state index contributed by atoms with van der Waals surface area (Å²) in [6.45, 7) is 3.78. The largest absolute Gasteiger partial charge is 0.473 e. The lowest BCUT2D eigenvalue weighted by Crippen LogP contribution is -2.36. The fourth-order valence-corrected chi connectivity index (χ4v) is 4.93. The summed E-state index contributed by atoms with van der Waals surface area (Å²) in [5.74, 6) is 1.24. The lowest BCUT2D eigenvalue weighted by molar-refractivity contribution is -0.137. The number of ether oxygens (including phenoxy) is 2. The number of thioether (sulfide) groups is 1. The van der Waals surface area contributed by atoms with E-state index in [-0.39, 0.29) is 12.2 Å². The summed E-state index contributed by atoms with van der Waals surface area (Å²) in [6.07, 6.45) is 1.18. The van der Waals surface area contributed by atoms with Gasteiger partial charge in [-0.05, 0) is 70.3 Å². The van der Waals surface area contributed by atoms with E-state index < -0.39 is 11.7 Å². The highest BCUT2D eigenvalue weighted by molar-refractivity contribution is 7.98. The molecule has 2 aliphatic rings. The van der Waals surface area contributed by atoms with E-state index in [1.165, 1.54) is 23.9 Å². The molecule has 0 aliphatic carbocycles. The molecule has 0 spiro atoms. The number of alkyl halides is 3. The summed E-state index contributed by atoms with van der Waals surface area (Å²) >= 11 is 1.48. The van der Waals surface area contributed by atoms with Crippen LogP contribution in [0.5, 0.6) is 11.8 Å². The molecule has 0 amide bonds. The summed E-state index contributed by atoms with van der Waals surface area (Å²) in [6, 6.07) is 4.97. The van der Waals surface area contributed by atoms with Gasteiger partial charge in [-0.25, -0.2) is 0 Å². The molecular formula is C25H34F3N5O2S. The standard InChI is InChI=1S/C25H34F3N5O2S/c1-31-13-9-19(10-14-31)34-22-21(36-4)23(35-20-11-15-32(2)16-12-20)30-24(29-22)33(3)18-7-5-17(6-8-18)25(26,27)28/h5-8,19-20H,9-16H2,1-4H3. The first-order chi connectivity index (χ1) is 17.1. The van der Waals surface area contributed by atoms with Gasteiger partial charge in [0.05, 0.1) is 5.56 Å². The summed E-state index contributed by atoms with van der Waals surface area (Å²) in [5, 5.41) is 0. The number of hydrogen-bond acceptors (Lipinski definition) is 8. The number of anilines is 2. The van der Waals surface area contributed by atoms with Crippen LogP contribution in [0.3, 0.4) is 0 Å². The van der Waals surface area contributed by atoms with Crippen molar-refractivity contribution in [2.75, 3.05) is 58.5 Å². The summed E-state index contributed by atoms with van der Waals surface area (Å²) < 4.78 is 51.9. The van der Waals surface area contributed by atoms with Crippen LogP contribution in [0.1, 0.15) is 31.2 Å². The van der Waals surface area contributed by atoms with Crippen LogP contribution in [-0.2, 0) is 6.18 Å². The SMILES string of the molecule is CSc1c(OC2CCN(C)CC2)nc(N(C)c2ccc(C(F)(F)F)cc2)nc1OC1CCN(C)CC1. The Morgan fingerprint density at radius 1 is 0.861 bits per heavy atom. The second-order valence-electron chi connectivity index (χ2n) is 9.51. The molecule has 1 aromatic heterocycles. The van der Waals surface area contributed by atoms with Crippen molar-refractivity contribution in [2.45, 2.75) is 49.0 Å². The maximum atomic E-state index is 13.0. The molecule has 1 aromatic carbocycles. The van der Waals surface area contributed by atoms with Crippen molar-refractivity contribution in [1.82, 2.24) is 19.8 Å². The molecule has 0 atom stereocenters. The Balaban J connectivity index is 1.65. The van der Waals surface area contributed by atoms with Crippen molar-refractivity contribution in [3.8, 4) is 11.8 Å². The molecule has 2 aliphatic heterocycles. The predicted molar refractivity (Wildman–Crippen MR) is 136 cm³/mol. The fourth-order valence-electron chi connectivity index (χ4n) is 4.39.